The van der Waals surface area contributed by atoms with E-state index in [1.807, 2.05) is 36.5 Å². The molecule has 4 rings (SSSR count). The van der Waals surface area contributed by atoms with Crippen LogP contribution in [0.4, 0.5) is 4.39 Å². The van der Waals surface area contributed by atoms with Gasteiger partial charge in [0.05, 0.1) is 0 Å². The number of benzene rings is 3. The number of amides is 2. The molecule has 0 saturated heterocycles. The van der Waals surface area contributed by atoms with Crippen LogP contribution in [-0.4, -0.2) is 23.3 Å². The summed E-state index contributed by atoms with van der Waals surface area (Å²) < 4.78 is 13.3. The van der Waals surface area contributed by atoms with Gasteiger partial charge in [0.2, 0.25) is 0 Å². The number of halogens is 1. The first-order chi connectivity index (χ1) is 15.6. The number of fused-ring (bicyclic) bond motifs is 1. The molecule has 0 aliphatic heterocycles. The molecule has 0 aliphatic carbocycles. The molecule has 0 unspecified atom stereocenters. The Kier molecular flexibility index (Phi) is 6.41. The van der Waals surface area contributed by atoms with Crippen molar-refractivity contribution < 1.29 is 14.0 Å². The van der Waals surface area contributed by atoms with Gasteiger partial charge in [-0.1, -0.05) is 48.5 Å². The molecule has 0 radical (unpaired) electrons. The molecule has 3 aromatic carbocycles. The van der Waals surface area contributed by atoms with Gasteiger partial charge in [0.1, 0.15) is 11.5 Å². The number of hydrogen-bond acceptors (Lipinski definition) is 2. The van der Waals surface area contributed by atoms with Crippen LogP contribution in [0, 0.1) is 5.82 Å². The van der Waals surface area contributed by atoms with Crippen LogP contribution in [0.3, 0.4) is 0 Å². The van der Waals surface area contributed by atoms with Gasteiger partial charge in [-0.15, -0.1) is 0 Å². The first kappa shape index (κ1) is 21.1. The SMILES string of the molecule is O=C(NCCc1c[nH]c2ccccc12)C(=Cc1ccc(F)cc1)NC(=O)c1ccccc1. The molecule has 2 amide bonds. The van der Waals surface area contributed by atoms with Gasteiger partial charge < -0.3 is 15.6 Å². The van der Waals surface area contributed by atoms with Crippen LogP contribution in [0.15, 0.2) is 90.8 Å². The number of hydrogen-bond donors (Lipinski definition) is 3. The topological polar surface area (TPSA) is 74.0 Å². The monoisotopic (exact) mass is 427 g/mol. The third kappa shape index (κ3) is 5.10. The standard InChI is InChI=1S/C26H22FN3O2/c27-21-12-10-18(11-13-21)16-24(30-25(31)19-6-2-1-3-7-19)26(32)28-15-14-20-17-29-23-9-5-4-8-22(20)23/h1-13,16-17,29H,14-15H2,(H,28,32)(H,30,31). The number of carbonyl (C=O) groups excluding carboxylic acids is 2. The minimum atomic E-state index is -0.418. The van der Waals surface area contributed by atoms with Crippen molar-refractivity contribution in [3.05, 3.63) is 113 Å². The van der Waals surface area contributed by atoms with E-state index in [9.17, 15) is 14.0 Å². The maximum absolute atomic E-state index is 13.3. The smallest absolute Gasteiger partial charge is 0.267 e. The van der Waals surface area contributed by atoms with Crippen molar-refractivity contribution in [2.24, 2.45) is 0 Å². The van der Waals surface area contributed by atoms with Crippen molar-refractivity contribution in [1.29, 1.82) is 0 Å². The molecule has 0 fully saturated rings. The average molecular weight is 427 g/mol. The van der Waals surface area contributed by atoms with Crippen molar-refractivity contribution in [1.82, 2.24) is 15.6 Å². The Morgan fingerprint density at radius 3 is 2.41 bits per heavy atom. The largest absolute Gasteiger partial charge is 0.361 e. The summed E-state index contributed by atoms with van der Waals surface area (Å²) in [7, 11) is 0. The lowest BCUT2D eigenvalue weighted by atomic mass is 10.1. The average Bonchev–Trinajstić information content (AvgIpc) is 3.23. The molecule has 160 valence electrons. The second-order valence-corrected chi connectivity index (χ2v) is 7.30. The predicted molar refractivity (Wildman–Crippen MR) is 123 cm³/mol. The second kappa shape index (κ2) is 9.75. The third-order valence-corrected chi connectivity index (χ3v) is 5.06. The summed E-state index contributed by atoms with van der Waals surface area (Å²) in [6.45, 7) is 0.392. The normalized spacial score (nSPS) is 11.3. The van der Waals surface area contributed by atoms with Gasteiger partial charge in [0.25, 0.3) is 11.8 Å². The Balaban J connectivity index is 1.48. The maximum Gasteiger partial charge on any atom is 0.267 e. The van der Waals surface area contributed by atoms with Crippen LogP contribution in [0.5, 0.6) is 0 Å². The van der Waals surface area contributed by atoms with Gasteiger partial charge in [-0.3, -0.25) is 9.59 Å². The molecule has 0 spiro atoms. The van der Waals surface area contributed by atoms with Crippen molar-refractivity contribution in [3.63, 3.8) is 0 Å². The highest BCUT2D eigenvalue weighted by Crippen LogP contribution is 2.17. The summed E-state index contributed by atoms with van der Waals surface area (Å²) in [6, 6.07) is 22.3. The first-order valence-corrected chi connectivity index (χ1v) is 10.3. The van der Waals surface area contributed by atoms with Gasteiger partial charge in [-0.05, 0) is 54.0 Å². The fourth-order valence-corrected chi connectivity index (χ4v) is 3.41. The molecule has 5 nitrogen and oxygen atoms in total. The van der Waals surface area contributed by atoms with Gasteiger partial charge >= 0.3 is 0 Å². The number of carbonyl (C=O) groups is 2. The zero-order chi connectivity index (χ0) is 22.3. The van der Waals surface area contributed by atoms with Gasteiger partial charge in [0.15, 0.2) is 0 Å². The zero-order valence-electron chi connectivity index (χ0n) is 17.3. The van der Waals surface area contributed by atoms with Crippen LogP contribution in [0.2, 0.25) is 0 Å². The van der Waals surface area contributed by atoms with E-state index in [2.05, 4.69) is 15.6 Å². The Morgan fingerprint density at radius 1 is 0.906 bits per heavy atom. The molecule has 6 heteroatoms. The predicted octanol–water partition coefficient (Wildman–Crippen LogP) is 4.44. The lowest BCUT2D eigenvalue weighted by molar-refractivity contribution is -0.117. The fourth-order valence-electron chi connectivity index (χ4n) is 3.41. The van der Waals surface area contributed by atoms with E-state index in [1.54, 1.807) is 36.4 Å². The molecule has 32 heavy (non-hydrogen) atoms. The highest BCUT2D eigenvalue weighted by atomic mass is 19.1. The Hall–Kier alpha value is -4.19. The van der Waals surface area contributed by atoms with Crippen molar-refractivity contribution >= 4 is 28.8 Å². The molecular formula is C26H22FN3O2. The van der Waals surface area contributed by atoms with E-state index in [0.29, 0.717) is 24.1 Å². The summed E-state index contributed by atoms with van der Waals surface area (Å²) in [5.74, 6) is -1.19. The van der Waals surface area contributed by atoms with Crippen LogP contribution in [0.25, 0.3) is 17.0 Å². The van der Waals surface area contributed by atoms with E-state index < -0.39 is 11.8 Å². The number of rotatable bonds is 7. The number of nitrogens with one attached hydrogen (secondary N) is 3. The summed E-state index contributed by atoms with van der Waals surface area (Å²) in [6.07, 6.45) is 4.09. The number of para-hydroxylation sites is 1. The highest BCUT2D eigenvalue weighted by Gasteiger charge is 2.15. The lowest BCUT2D eigenvalue weighted by Crippen LogP contribution is -2.35. The summed E-state index contributed by atoms with van der Waals surface area (Å²) in [4.78, 5) is 28.7. The van der Waals surface area contributed by atoms with Gasteiger partial charge in [-0.25, -0.2) is 4.39 Å². The molecular weight excluding hydrogens is 405 g/mol. The molecule has 0 bridgehead atoms. The third-order valence-electron chi connectivity index (χ3n) is 5.06. The van der Waals surface area contributed by atoms with Crippen molar-refractivity contribution in [2.45, 2.75) is 6.42 Å². The van der Waals surface area contributed by atoms with Crippen LogP contribution in [-0.2, 0) is 11.2 Å². The van der Waals surface area contributed by atoms with Crippen LogP contribution >= 0.6 is 0 Å². The minimum absolute atomic E-state index is 0.0874. The van der Waals surface area contributed by atoms with Crippen molar-refractivity contribution in [2.75, 3.05) is 6.54 Å². The summed E-state index contributed by atoms with van der Waals surface area (Å²) in [5, 5.41) is 6.66. The molecule has 1 aromatic heterocycles. The lowest BCUT2D eigenvalue weighted by Gasteiger charge is -2.11. The van der Waals surface area contributed by atoms with E-state index >= 15 is 0 Å². The molecule has 1 heterocycles. The van der Waals surface area contributed by atoms with Crippen LogP contribution < -0.4 is 10.6 Å². The quantitative estimate of drug-likeness (QED) is 0.382. The fraction of sp³-hybridized carbons (Fsp3) is 0.0769. The molecule has 0 saturated carbocycles. The Bertz CT molecular complexity index is 1260. The summed E-state index contributed by atoms with van der Waals surface area (Å²) >= 11 is 0. The minimum Gasteiger partial charge on any atom is -0.361 e. The van der Waals surface area contributed by atoms with Crippen LogP contribution in [0.1, 0.15) is 21.5 Å². The van der Waals surface area contributed by atoms with E-state index in [4.69, 9.17) is 0 Å². The molecule has 0 atom stereocenters. The highest BCUT2D eigenvalue weighted by molar-refractivity contribution is 6.05. The second-order valence-electron chi connectivity index (χ2n) is 7.30. The van der Waals surface area contributed by atoms with E-state index in [0.717, 1.165) is 16.5 Å². The van der Waals surface area contributed by atoms with Gasteiger partial charge in [-0.2, -0.15) is 0 Å². The number of H-pyrrole nitrogens is 1. The van der Waals surface area contributed by atoms with Gasteiger partial charge in [0, 0.05) is 29.2 Å². The Morgan fingerprint density at radius 2 is 1.62 bits per heavy atom. The molecule has 0 aliphatic rings. The number of aromatic amines is 1. The van der Waals surface area contributed by atoms with E-state index in [-0.39, 0.29) is 11.5 Å². The molecule has 4 aromatic rings. The van der Waals surface area contributed by atoms with Crippen molar-refractivity contribution in [3.8, 4) is 0 Å². The Labute approximate surface area is 185 Å². The summed E-state index contributed by atoms with van der Waals surface area (Å²) in [5.41, 5.74) is 3.26. The molecule has 3 N–H and O–H groups in total. The zero-order valence-corrected chi connectivity index (χ0v) is 17.3. The number of aromatic nitrogens is 1. The van der Waals surface area contributed by atoms with E-state index in [1.165, 1.54) is 18.2 Å². The first-order valence-electron chi connectivity index (χ1n) is 10.3. The maximum atomic E-state index is 13.3.